The zero-order chi connectivity index (χ0) is 22.5. The van der Waals surface area contributed by atoms with Crippen LogP contribution in [0.4, 0.5) is 0 Å². The summed E-state index contributed by atoms with van der Waals surface area (Å²) in [6.07, 6.45) is 7.79. The molecule has 3 aliphatic rings. The Morgan fingerprint density at radius 3 is 2.78 bits per heavy atom. The SMILES string of the molecule is Cc1c(O[C@@H](C)C(=O)N2CC[C@]3(O)CCCC[C@@H]3C2)ccc2c3c(c(=O)oc12)CCCC3. The number of hydrogen-bond donors (Lipinski definition) is 1. The van der Waals surface area contributed by atoms with E-state index >= 15 is 0 Å². The molecular weight excluding hydrogens is 406 g/mol. The topological polar surface area (TPSA) is 80.0 Å². The molecule has 172 valence electrons. The molecule has 2 fully saturated rings. The van der Waals surface area contributed by atoms with E-state index in [1.54, 1.807) is 6.92 Å². The van der Waals surface area contributed by atoms with E-state index in [0.29, 0.717) is 30.8 Å². The largest absolute Gasteiger partial charge is 0.480 e. The average Bonchev–Trinajstić information content (AvgIpc) is 2.80. The highest BCUT2D eigenvalue weighted by molar-refractivity contribution is 5.86. The number of rotatable bonds is 3. The van der Waals surface area contributed by atoms with Crippen molar-refractivity contribution in [1.82, 2.24) is 4.90 Å². The molecule has 2 heterocycles. The Bertz CT molecular complexity index is 1110. The molecule has 1 aromatic heterocycles. The number of hydrogen-bond acceptors (Lipinski definition) is 5. The van der Waals surface area contributed by atoms with Gasteiger partial charge in [-0.2, -0.15) is 0 Å². The molecule has 0 bridgehead atoms. The fourth-order valence-electron chi connectivity index (χ4n) is 6.02. The van der Waals surface area contributed by atoms with Crippen molar-refractivity contribution in [2.45, 2.75) is 83.3 Å². The van der Waals surface area contributed by atoms with Gasteiger partial charge < -0.3 is 19.2 Å². The molecule has 2 aromatic rings. The van der Waals surface area contributed by atoms with Crippen molar-refractivity contribution in [2.24, 2.45) is 5.92 Å². The lowest BCUT2D eigenvalue weighted by atomic mass is 9.71. The van der Waals surface area contributed by atoms with Gasteiger partial charge in [0.2, 0.25) is 0 Å². The number of carbonyl (C=O) groups is 1. The molecule has 0 spiro atoms. The summed E-state index contributed by atoms with van der Waals surface area (Å²) >= 11 is 0. The monoisotopic (exact) mass is 439 g/mol. The van der Waals surface area contributed by atoms with Crippen LogP contribution in [-0.2, 0) is 17.6 Å². The van der Waals surface area contributed by atoms with E-state index in [1.807, 2.05) is 24.0 Å². The molecule has 1 aliphatic heterocycles. The van der Waals surface area contributed by atoms with Crippen LogP contribution in [0.15, 0.2) is 21.3 Å². The third kappa shape index (κ3) is 3.62. The molecule has 5 rings (SSSR count). The number of nitrogens with zero attached hydrogens (tertiary/aromatic N) is 1. The van der Waals surface area contributed by atoms with Crippen molar-refractivity contribution in [1.29, 1.82) is 0 Å². The van der Waals surface area contributed by atoms with Gasteiger partial charge in [0, 0.05) is 35.5 Å². The predicted octanol–water partition coefficient (Wildman–Crippen LogP) is 3.90. The molecule has 1 saturated heterocycles. The molecule has 3 atom stereocenters. The minimum Gasteiger partial charge on any atom is -0.480 e. The molecule has 1 N–H and O–H groups in total. The molecule has 1 amide bonds. The molecule has 6 nitrogen and oxygen atoms in total. The number of benzene rings is 1. The maximum absolute atomic E-state index is 13.1. The molecule has 1 saturated carbocycles. The number of aliphatic hydroxyl groups is 1. The van der Waals surface area contributed by atoms with E-state index < -0.39 is 11.7 Å². The van der Waals surface area contributed by atoms with Gasteiger partial charge in [0.05, 0.1) is 5.60 Å². The Labute approximate surface area is 188 Å². The van der Waals surface area contributed by atoms with E-state index in [2.05, 4.69) is 0 Å². The van der Waals surface area contributed by atoms with Gasteiger partial charge in [0.1, 0.15) is 11.3 Å². The first-order chi connectivity index (χ1) is 15.4. The predicted molar refractivity (Wildman–Crippen MR) is 122 cm³/mol. The van der Waals surface area contributed by atoms with Gasteiger partial charge in [-0.25, -0.2) is 4.79 Å². The van der Waals surface area contributed by atoms with Gasteiger partial charge in [0.25, 0.3) is 5.91 Å². The Balaban J connectivity index is 1.35. The van der Waals surface area contributed by atoms with Crippen LogP contribution in [0.3, 0.4) is 0 Å². The highest BCUT2D eigenvalue weighted by Crippen LogP contribution is 2.40. The number of amides is 1. The van der Waals surface area contributed by atoms with Crippen LogP contribution in [-0.4, -0.2) is 40.7 Å². The summed E-state index contributed by atoms with van der Waals surface area (Å²) in [5.41, 5.74) is 2.39. The van der Waals surface area contributed by atoms with E-state index in [0.717, 1.165) is 73.4 Å². The van der Waals surface area contributed by atoms with Crippen molar-refractivity contribution in [3.63, 3.8) is 0 Å². The maximum Gasteiger partial charge on any atom is 0.339 e. The quantitative estimate of drug-likeness (QED) is 0.734. The summed E-state index contributed by atoms with van der Waals surface area (Å²) in [6.45, 7) is 4.82. The Kier molecular flexibility index (Phi) is 5.52. The van der Waals surface area contributed by atoms with Crippen LogP contribution in [0.25, 0.3) is 11.0 Å². The van der Waals surface area contributed by atoms with Crippen molar-refractivity contribution in [3.05, 3.63) is 39.2 Å². The minimum atomic E-state index is -0.648. The molecule has 6 heteroatoms. The van der Waals surface area contributed by atoms with Crippen molar-refractivity contribution < 1.29 is 19.1 Å². The van der Waals surface area contributed by atoms with Gasteiger partial charge in [-0.05, 0) is 76.5 Å². The Hall–Kier alpha value is -2.34. The van der Waals surface area contributed by atoms with Gasteiger partial charge in [0.15, 0.2) is 6.10 Å². The second-order valence-electron chi connectivity index (χ2n) is 9.96. The summed E-state index contributed by atoms with van der Waals surface area (Å²) in [6, 6.07) is 3.86. The van der Waals surface area contributed by atoms with E-state index in [-0.39, 0.29) is 17.5 Å². The van der Waals surface area contributed by atoms with E-state index in [4.69, 9.17) is 9.15 Å². The highest BCUT2D eigenvalue weighted by atomic mass is 16.5. The highest BCUT2D eigenvalue weighted by Gasteiger charge is 2.44. The number of piperidine rings is 1. The lowest BCUT2D eigenvalue weighted by Gasteiger charge is -2.47. The standard InChI is InChI=1S/C26H33NO5/c1-16-22(11-10-20-19-8-3-4-9-21(19)25(29)32-23(16)20)31-17(2)24(28)27-14-13-26(30)12-6-5-7-18(26)15-27/h10-11,17-18,30H,3-9,12-15H2,1-2H3/t17-,18+,26+/m0/s1. The number of ether oxygens (including phenoxy) is 1. The van der Waals surface area contributed by atoms with Gasteiger partial charge in [-0.1, -0.05) is 12.8 Å². The molecule has 0 radical (unpaired) electrons. The Morgan fingerprint density at radius 2 is 1.97 bits per heavy atom. The first-order valence-electron chi connectivity index (χ1n) is 12.1. The smallest absolute Gasteiger partial charge is 0.339 e. The first kappa shape index (κ1) is 21.5. The summed E-state index contributed by atoms with van der Waals surface area (Å²) in [5.74, 6) is 0.677. The molecular formula is C26H33NO5. The second kappa shape index (κ2) is 8.22. The zero-order valence-corrected chi connectivity index (χ0v) is 19.1. The van der Waals surface area contributed by atoms with Crippen LogP contribution < -0.4 is 10.4 Å². The lowest BCUT2D eigenvalue weighted by molar-refractivity contribution is -0.149. The fraction of sp³-hybridized carbons (Fsp3) is 0.615. The van der Waals surface area contributed by atoms with Gasteiger partial charge >= 0.3 is 5.63 Å². The van der Waals surface area contributed by atoms with Gasteiger partial charge in [-0.15, -0.1) is 0 Å². The average molecular weight is 440 g/mol. The lowest BCUT2D eigenvalue weighted by Crippen LogP contribution is -2.56. The minimum absolute atomic E-state index is 0.0518. The number of carbonyl (C=O) groups excluding carboxylic acids is 1. The van der Waals surface area contributed by atoms with Crippen molar-refractivity contribution in [3.8, 4) is 5.75 Å². The first-order valence-corrected chi connectivity index (χ1v) is 12.1. The Morgan fingerprint density at radius 1 is 1.19 bits per heavy atom. The van der Waals surface area contributed by atoms with Crippen LogP contribution in [0.2, 0.25) is 0 Å². The summed E-state index contributed by atoms with van der Waals surface area (Å²) in [7, 11) is 0. The zero-order valence-electron chi connectivity index (χ0n) is 19.1. The van der Waals surface area contributed by atoms with E-state index in [1.165, 1.54) is 0 Å². The second-order valence-corrected chi connectivity index (χ2v) is 9.96. The number of fused-ring (bicyclic) bond motifs is 4. The number of aryl methyl sites for hydroxylation is 2. The molecule has 1 aromatic carbocycles. The normalized spacial score (nSPS) is 26.3. The summed E-state index contributed by atoms with van der Waals surface area (Å²) in [5, 5.41) is 11.9. The van der Waals surface area contributed by atoms with Crippen LogP contribution in [0.5, 0.6) is 5.75 Å². The van der Waals surface area contributed by atoms with Crippen molar-refractivity contribution in [2.75, 3.05) is 13.1 Å². The van der Waals surface area contributed by atoms with Crippen LogP contribution in [0, 0.1) is 12.8 Å². The van der Waals surface area contributed by atoms with Crippen LogP contribution >= 0.6 is 0 Å². The molecule has 2 aliphatic carbocycles. The fourth-order valence-corrected chi connectivity index (χ4v) is 6.02. The summed E-state index contributed by atoms with van der Waals surface area (Å²) < 4.78 is 11.8. The van der Waals surface area contributed by atoms with Crippen LogP contribution in [0.1, 0.15) is 68.6 Å². The molecule has 0 unspecified atom stereocenters. The summed E-state index contributed by atoms with van der Waals surface area (Å²) in [4.78, 5) is 27.5. The third-order valence-electron chi connectivity index (χ3n) is 7.98. The molecule has 32 heavy (non-hydrogen) atoms. The van der Waals surface area contributed by atoms with Gasteiger partial charge in [-0.3, -0.25) is 4.79 Å². The number of likely N-dealkylation sites (tertiary alicyclic amines) is 1. The van der Waals surface area contributed by atoms with E-state index in [9.17, 15) is 14.7 Å². The maximum atomic E-state index is 13.1. The van der Waals surface area contributed by atoms with Crippen molar-refractivity contribution >= 4 is 16.9 Å². The third-order valence-corrected chi connectivity index (χ3v) is 7.98.